The van der Waals surface area contributed by atoms with Gasteiger partial charge < -0.3 is 10.1 Å². The highest BCUT2D eigenvalue weighted by Crippen LogP contribution is 2.27. The number of hydrogen-bond acceptors (Lipinski definition) is 5. The molecule has 1 aliphatic rings. The molecule has 7 nitrogen and oxygen atoms in total. The van der Waals surface area contributed by atoms with Crippen LogP contribution in [0.5, 0.6) is 0 Å². The summed E-state index contributed by atoms with van der Waals surface area (Å²) in [5, 5.41) is 2.75. The molecular weight excluding hydrogens is 392 g/mol. The first-order valence-corrected chi connectivity index (χ1v) is 10.9. The molecule has 2 aromatic carbocycles. The molecule has 1 atom stereocenters. The van der Waals surface area contributed by atoms with Gasteiger partial charge in [0.05, 0.1) is 17.1 Å². The van der Waals surface area contributed by atoms with Gasteiger partial charge in [-0.15, -0.1) is 0 Å². The summed E-state index contributed by atoms with van der Waals surface area (Å²) in [7, 11) is -3.75. The lowest BCUT2D eigenvalue weighted by Gasteiger charge is -2.23. The number of carbonyl (C=O) groups excluding carboxylic acids is 2. The molecule has 1 heterocycles. The first-order chi connectivity index (χ1) is 13.8. The van der Waals surface area contributed by atoms with Gasteiger partial charge in [-0.3, -0.25) is 4.79 Å². The van der Waals surface area contributed by atoms with Crippen LogP contribution in [0.3, 0.4) is 0 Å². The second kappa shape index (κ2) is 8.75. The van der Waals surface area contributed by atoms with Crippen molar-refractivity contribution in [2.24, 2.45) is 0 Å². The Morgan fingerprint density at radius 2 is 1.76 bits per heavy atom. The Bertz CT molecular complexity index is 985. The van der Waals surface area contributed by atoms with E-state index >= 15 is 0 Å². The number of nitrogens with one attached hydrogen (secondary N) is 1. The standard InChI is InChI=1S/C21H24N2O5S/c1-3-28-21(25)16-8-10-17(11-9-16)22-20(24)19-5-4-14-23(19)29(26,27)18-12-6-15(2)7-13-18/h6-13,19H,3-5,14H2,1-2H3,(H,22,24)/t19-/m1/s1. The van der Waals surface area contributed by atoms with E-state index in [1.165, 1.54) is 4.31 Å². The van der Waals surface area contributed by atoms with Gasteiger partial charge in [-0.25, -0.2) is 13.2 Å². The first kappa shape index (κ1) is 21.0. The zero-order valence-electron chi connectivity index (χ0n) is 16.4. The number of esters is 1. The van der Waals surface area contributed by atoms with Crippen molar-refractivity contribution in [1.29, 1.82) is 0 Å². The highest BCUT2D eigenvalue weighted by Gasteiger charge is 2.39. The molecule has 0 unspecified atom stereocenters. The van der Waals surface area contributed by atoms with Crippen molar-refractivity contribution in [2.75, 3.05) is 18.5 Å². The second-order valence-electron chi connectivity index (χ2n) is 6.87. The van der Waals surface area contributed by atoms with Crippen LogP contribution in [0.4, 0.5) is 5.69 Å². The summed E-state index contributed by atoms with van der Waals surface area (Å²) in [6, 6.07) is 12.1. The number of ether oxygens (including phenoxy) is 1. The molecule has 1 amide bonds. The monoisotopic (exact) mass is 416 g/mol. The highest BCUT2D eigenvalue weighted by molar-refractivity contribution is 7.89. The fraction of sp³-hybridized carbons (Fsp3) is 0.333. The van der Waals surface area contributed by atoms with Gasteiger partial charge in [0.25, 0.3) is 0 Å². The molecule has 0 radical (unpaired) electrons. The van der Waals surface area contributed by atoms with Crippen LogP contribution in [0.25, 0.3) is 0 Å². The topological polar surface area (TPSA) is 92.8 Å². The fourth-order valence-corrected chi connectivity index (χ4v) is 4.92. The Hall–Kier alpha value is -2.71. The molecule has 0 saturated carbocycles. The zero-order valence-corrected chi connectivity index (χ0v) is 17.2. The maximum atomic E-state index is 13.0. The van der Waals surface area contributed by atoms with Gasteiger partial charge in [-0.1, -0.05) is 17.7 Å². The average molecular weight is 416 g/mol. The Morgan fingerprint density at radius 3 is 2.38 bits per heavy atom. The third-order valence-corrected chi connectivity index (χ3v) is 6.72. The molecule has 2 aromatic rings. The summed E-state index contributed by atoms with van der Waals surface area (Å²) in [5.41, 5.74) is 1.84. The van der Waals surface area contributed by atoms with E-state index in [-0.39, 0.29) is 17.4 Å². The summed E-state index contributed by atoms with van der Waals surface area (Å²) in [6.45, 7) is 4.20. The molecular formula is C21H24N2O5S. The normalized spacial score (nSPS) is 17.1. The Balaban J connectivity index is 1.73. The van der Waals surface area contributed by atoms with Gasteiger partial charge in [-0.2, -0.15) is 4.31 Å². The van der Waals surface area contributed by atoms with Crippen LogP contribution in [-0.2, 0) is 19.6 Å². The van der Waals surface area contributed by atoms with Gasteiger partial charge in [0.15, 0.2) is 0 Å². The summed E-state index contributed by atoms with van der Waals surface area (Å²) in [5.74, 6) is -0.821. The molecule has 1 fully saturated rings. The van der Waals surface area contributed by atoms with Crippen LogP contribution in [0.2, 0.25) is 0 Å². The van der Waals surface area contributed by atoms with Crippen molar-refractivity contribution in [3.8, 4) is 0 Å². The van der Waals surface area contributed by atoms with Crippen LogP contribution in [-0.4, -0.2) is 43.8 Å². The van der Waals surface area contributed by atoms with Crippen molar-refractivity contribution in [3.63, 3.8) is 0 Å². The predicted molar refractivity (Wildman–Crippen MR) is 109 cm³/mol. The predicted octanol–water partition coefficient (Wildman–Crippen LogP) is 2.96. The number of aryl methyl sites for hydroxylation is 1. The molecule has 3 rings (SSSR count). The minimum Gasteiger partial charge on any atom is -0.462 e. The zero-order chi connectivity index (χ0) is 21.0. The van der Waals surface area contributed by atoms with Crippen molar-refractivity contribution in [3.05, 3.63) is 59.7 Å². The van der Waals surface area contributed by atoms with Crippen LogP contribution >= 0.6 is 0 Å². The Morgan fingerprint density at radius 1 is 1.10 bits per heavy atom. The Labute approximate surface area is 170 Å². The summed E-state index contributed by atoms with van der Waals surface area (Å²) in [4.78, 5) is 24.7. The fourth-order valence-electron chi connectivity index (χ4n) is 3.27. The third-order valence-electron chi connectivity index (χ3n) is 4.80. The van der Waals surface area contributed by atoms with Crippen molar-refractivity contribution < 1.29 is 22.7 Å². The van der Waals surface area contributed by atoms with E-state index in [0.29, 0.717) is 30.6 Å². The molecule has 1 aliphatic heterocycles. The largest absolute Gasteiger partial charge is 0.462 e. The summed E-state index contributed by atoms with van der Waals surface area (Å²) >= 11 is 0. The SMILES string of the molecule is CCOC(=O)c1ccc(NC(=O)[C@H]2CCCN2S(=O)(=O)c2ccc(C)cc2)cc1. The summed E-state index contributed by atoms with van der Waals surface area (Å²) in [6.07, 6.45) is 1.07. The lowest BCUT2D eigenvalue weighted by molar-refractivity contribution is -0.119. The molecule has 29 heavy (non-hydrogen) atoms. The molecule has 0 bridgehead atoms. The molecule has 0 aromatic heterocycles. The molecule has 8 heteroatoms. The van der Waals surface area contributed by atoms with Gasteiger partial charge in [0.1, 0.15) is 6.04 Å². The van der Waals surface area contributed by atoms with Gasteiger partial charge in [0, 0.05) is 12.2 Å². The quantitative estimate of drug-likeness (QED) is 0.731. The van der Waals surface area contributed by atoms with Crippen LogP contribution in [0, 0.1) is 6.92 Å². The maximum Gasteiger partial charge on any atom is 0.338 e. The highest BCUT2D eigenvalue weighted by atomic mass is 32.2. The lowest BCUT2D eigenvalue weighted by atomic mass is 10.2. The van der Waals surface area contributed by atoms with E-state index in [1.807, 2.05) is 6.92 Å². The van der Waals surface area contributed by atoms with Gasteiger partial charge >= 0.3 is 5.97 Å². The number of amides is 1. The van der Waals surface area contributed by atoms with E-state index in [0.717, 1.165) is 5.56 Å². The number of anilines is 1. The number of nitrogens with zero attached hydrogens (tertiary/aromatic N) is 1. The van der Waals surface area contributed by atoms with Crippen LogP contribution in [0.15, 0.2) is 53.4 Å². The molecule has 0 spiro atoms. The van der Waals surface area contributed by atoms with E-state index in [2.05, 4.69) is 5.32 Å². The van der Waals surface area contributed by atoms with Crippen molar-refractivity contribution >= 4 is 27.6 Å². The average Bonchev–Trinajstić information content (AvgIpc) is 3.20. The number of carbonyl (C=O) groups is 2. The first-order valence-electron chi connectivity index (χ1n) is 9.49. The number of benzene rings is 2. The number of hydrogen-bond donors (Lipinski definition) is 1. The minimum atomic E-state index is -3.75. The van der Waals surface area contributed by atoms with Gasteiger partial charge in [-0.05, 0) is 63.1 Å². The van der Waals surface area contributed by atoms with E-state index < -0.39 is 22.0 Å². The van der Waals surface area contributed by atoms with Crippen LogP contribution in [0.1, 0.15) is 35.7 Å². The van der Waals surface area contributed by atoms with Crippen molar-refractivity contribution in [2.45, 2.75) is 37.6 Å². The second-order valence-corrected chi connectivity index (χ2v) is 8.76. The third kappa shape index (κ3) is 4.65. The molecule has 154 valence electrons. The van der Waals surface area contributed by atoms with Crippen molar-refractivity contribution in [1.82, 2.24) is 4.31 Å². The Kier molecular flexibility index (Phi) is 6.34. The number of rotatable bonds is 6. The van der Waals surface area contributed by atoms with E-state index in [4.69, 9.17) is 4.74 Å². The number of sulfonamides is 1. The maximum absolute atomic E-state index is 13.0. The smallest absolute Gasteiger partial charge is 0.338 e. The minimum absolute atomic E-state index is 0.182. The molecule has 0 aliphatic carbocycles. The van der Waals surface area contributed by atoms with E-state index in [1.54, 1.807) is 55.5 Å². The van der Waals surface area contributed by atoms with E-state index in [9.17, 15) is 18.0 Å². The van der Waals surface area contributed by atoms with Crippen LogP contribution < -0.4 is 5.32 Å². The molecule has 1 saturated heterocycles. The summed E-state index contributed by atoms with van der Waals surface area (Å²) < 4.78 is 32.2. The molecule has 1 N–H and O–H groups in total. The lowest BCUT2D eigenvalue weighted by Crippen LogP contribution is -2.43. The van der Waals surface area contributed by atoms with Gasteiger partial charge in [0.2, 0.25) is 15.9 Å².